The van der Waals surface area contributed by atoms with Crippen LogP contribution < -0.4 is 34.1 Å². The number of carbonyl (C=O) groups is 1. The highest BCUT2D eigenvalue weighted by Gasteiger charge is 2.44. The SMILES string of the molecule is C/C(C#N)=C/C[P+](c1ccccc1)(c1ccccc1)c1ccccc1.CC(C)[C@H](N)C(=O)O.[Cl-]. The molecule has 0 fully saturated rings. The summed E-state index contributed by atoms with van der Waals surface area (Å²) in [5, 5.41) is 21.5. The van der Waals surface area contributed by atoms with Gasteiger partial charge in [-0.1, -0.05) is 68.4 Å². The minimum Gasteiger partial charge on any atom is -1.00 e. The third-order valence-electron chi connectivity index (χ3n) is 5.44. The predicted molar refractivity (Wildman–Crippen MR) is 140 cm³/mol. The minimum atomic E-state index is -1.85. The zero-order valence-electron chi connectivity index (χ0n) is 19.8. The Morgan fingerprint density at radius 1 is 0.912 bits per heavy atom. The summed E-state index contributed by atoms with van der Waals surface area (Å²) >= 11 is 0. The maximum absolute atomic E-state index is 10.0. The first-order valence-electron chi connectivity index (χ1n) is 10.9. The summed E-state index contributed by atoms with van der Waals surface area (Å²) in [6.45, 7) is 5.44. The Bertz CT molecular complexity index is 985. The molecule has 34 heavy (non-hydrogen) atoms. The first-order chi connectivity index (χ1) is 15.8. The highest BCUT2D eigenvalue weighted by molar-refractivity contribution is 7.95. The van der Waals surface area contributed by atoms with E-state index in [1.807, 2.05) is 6.92 Å². The Morgan fingerprint density at radius 3 is 1.50 bits per heavy atom. The van der Waals surface area contributed by atoms with Crippen LogP contribution in [0.15, 0.2) is 103 Å². The van der Waals surface area contributed by atoms with Gasteiger partial charge in [-0.3, -0.25) is 4.79 Å². The van der Waals surface area contributed by atoms with E-state index in [4.69, 9.17) is 10.8 Å². The van der Waals surface area contributed by atoms with Gasteiger partial charge in [0, 0.05) is 5.57 Å². The topological polar surface area (TPSA) is 87.1 Å². The minimum absolute atomic E-state index is 0. The molecule has 178 valence electrons. The van der Waals surface area contributed by atoms with Gasteiger partial charge in [0.05, 0.1) is 12.2 Å². The normalized spacial score (nSPS) is 11.9. The van der Waals surface area contributed by atoms with Gasteiger partial charge in [-0.15, -0.1) is 0 Å². The van der Waals surface area contributed by atoms with E-state index in [2.05, 4.69) is 103 Å². The van der Waals surface area contributed by atoms with Gasteiger partial charge in [0.25, 0.3) is 0 Å². The van der Waals surface area contributed by atoms with Crippen molar-refractivity contribution >= 4 is 29.1 Å². The van der Waals surface area contributed by atoms with E-state index < -0.39 is 19.3 Å². The summed E-state index contributed by atoms with van der Waals surface area (Å²) < 4.78 is 0. The van der Waals surface area contributed by atoms with E-state index >= 15 is 0 Å². The molecule has 0 amide bonds. The number of halogens is 1. The molecule has 0 unspecified atom stereocenters. The average molecular weight is 495 g/mol. The number of nitriles is 1. The fourth-order valence-corrected chi connectivity index (χ4v) is 7.53. The number of aliphatic carboxylic acids is 1. The van der Waals surface area contributed by atoms with Crippen LogP contribution >= 0.6 is 7.26 Å². The first-order valence-corrected chi connectivity index (χ1v) is 12.9. The molecule has 0 aliphatic carbocycles. The average Bonchev–Trinajstić information content (AvgIpc) is 2.86. The third-order valence-corrected chi connectivity index (χ3v) is 9.71. The van der Waals surface area contributed by atoms with Gasteiger partial charge in [0.15, 0.2) is 0 Å². The summed E-state index contributed by atoms with van der Waals surface area (Å²) in [7, 11) is -1.85. The highest BCUT2D eigenvalue weighted by Crippen LogP contribution is 2.55. The van der Waals surface area contributed by atoms with Crippen LogP contribution in [-0.2, 0) is 4.79 Å². The predicted octanol–water partition coefficient (Wildman–Crippen LogP) is 1.51. The van der Waals surface area contributed by atoms with Crippen molar-refractivity contribution in [1.82, 2.24) is 0 Å². The molecule has 4 nitrogen and oxygen atoms in total. The molecule has 0 bridgehead atoms. The number of allylic oxidation sites excluding steroid dienone is 2. The van der Waals surface area contributed by atoms with Crippen molar-refractivity contribution in [2.24, 2.45) is 11.7 Å². The Labute approximate surface area is 209 Å². The van der Waals surface area contributed by atoms with Crippen molar-refractivity contribution < 1.29 is 22.3 Å². The number of nitrogens with zero attached hydrogens (tertiary/aromatic N) is 1. The van der Waals surface area contributed by atoms with E-state index in [1.165, 1.54) is 15.9 Å². The first kappa shape index (κ1) is 29.1. The Kier molecular flexibility index (Phi) is 12.3. The van der Waals surface area contributed by atoms with Crippen LogP contribution in [0, 0.1) is 17.2 Å². The smallest absolute Gasteiger partial charge is 0.320 e. The van der Waals surface area contributed by atoms with Crippen LogP contribution in [0.25, 0.3) is 0 Å². The second kappa shape index (κ2) is 14.3. The van der Waals surface area contributed by atoms with E-state index in [0.29, 0.717) is 0 Å². The van der Waals surface area contributed by atoms with Crippen molar-refractivity contribution in [3.05, 3.63) is 103 Å². The van der Waals surface area contributed by atoms with Gasteiger partial charge >= 0.3 is 5.97 Å². The molecule has 1 atom stereocenters. The molecule has 0 radical (unpaired) electrons. The van der Waals surface area contributed by atoms with Crippen LogP contribution in [0.1, 0.15) is 20.8 Å². The number of carboxylic acids is 1. The quantitative estimate of drug-likeness (QED) is 0.385. The molecule has 3 aromatic carbocycles. The molecule has 0 aliphatic heterocycles. The molecule has 3 aromatic rings. The summed E-state index contributed by atoms with van der Waals surface area (Å²) in [5.74, 6) is -0.910. The maximum Gasteiger partial charge on any atom is 0.320 e. The van der Waals surface area contributed by atoms with Gasteiger partial charge in [0.2, 0.25) is 0 Å². The molecule has 0 aliphatic rings. The lowest BCUT2D eigenvalue weighted by atomic mass is 10.1. The van der Waals surface area contributed by atoms with Crippen molar-refractivity contribution in [3.63, 3.8) is 0 Å². The zero-order chi connectivity index (χ0) is 24.3. The second-order valence-electron chi connectivity index (χ2n) is 8.11. The second-order valence-corrected chi connectivity index (χ2v) is 11.6. The molecule has 0 saturated carbocycles. The molecular formula is C28H32ClN2O2P. The number of hydrogen-bond donors (Lipinski definition) is 2. The number of carboxylic acid groups (broad SMARTS) is 1. The van der Waals surface area contributed by atoms with E-state index in [-0.39, 0.29) is 18.3 Å². The summed E-state index contributed by atoms with van der Waals surface area (Å²) in [6.07, 6.45) is 2.95. The van der Waals surface area contributed by atoms with Crippen molar-refractivity contribution in [2.45, 2.75) is 26.8 Å². The van der Waals surface area contributed by atoms with Crippen LogP contribution in [0.4, 0.5) is 0 Å². The Hall–Kier alpha value is -2.96. The Morgan fingerprint density at radius 2 is 1.26 bits per heavy atom. The van der Waals surface area contributed by atoms with Gasteiger partial charge in [-0.05, 0) is 55.3 Å². The lowest BCUT2D eigenvalue weighted by molar-refractivity contribution is -0.139. The number of benzene rings is 3. The van der Waals surface area contributed by atoms with E-state index in [1.54, 1.807) is 13.8 Å². The van der Waals surface area contributed by atoms with Crippen molar-refractivity contribution in [3.8, 4) is 6.07 Å². The number of hydrogen-bond acceptors (Lipinski definition) is 3. The van der Waals surface area contributed by atoms with Crippen molar-refractivity contribution in [2.75, 3.05) is 6.16 Å². The standard InChI is InChI=1S/C23H21NP.C5H11NO2.ClH/c1-20(19-24)17-18-25(21-11-5-2-6-12-21,22-13-7-3-8-14-22)23-15-9-4-10-16-23;1-3(2)4(6)5(7)8;/h2-17H,18H2,1H3;3-4H,6H2,1-2H3,(H,7,8);1H/q+1;;/p-1/b20-17-;;/t;4-;/m.0./s1. The molecule has 3 rings (SSSR count). The largest absolute Gasteiger partial charge is 1.00 e. The fourth-order valence-electron chi connectivity index (χ4n) is 3.42. The summed E-state index contributed by atoms with van der Waals surface area (Å²) in [5.41, 5.74) is 5.93. The third kappa shape index (κ3) is 7.54. The molecule has 0 heterocycles. The van der Waals surface area contributed by atoms with Gasteiger partial charge < -0.3 is 23.2 Å². The lowest BCUT2D eigenvalue weighted by Crippen LogP contribution is -3.00. The van der Waals surface area contributed by atoms with E-state index in [0.717, 1.165) is 11.7 Å². The van der Waals surface area contributed by atoms with Crippen molar-refractivity contribution in [1.29, 1.82) is 5.26 Å². The summed E-state index contributed by atoms with van der Waals surface area (Å²) in [4.78, 5) is 10.0. The fraction of sp³-hybridized carbons (Fsp3) is 0.214. The van der Waals surface area contributed by atoms with Crippen LogP contribution in [0.5, 0.6) is 0 Å². The van der Waals surface area contributed by atoms with Crippen LogP contribution in [0.2, 0.25) is 0 Å². The Balaban J connectivity index is 0.000000556. The van der Waals surface area contributed by atoms with Crippen LogP contribution in [-0.4, -0.2) is 23.3 Å². The molecule has 0 spiro atoms. The monoisotopic (exact) mass is 494 g/mol. The number of nitrogens with two attached hydrogens (primary N) is 1. The molecule has 3 N–H and O–H groups in total. The molecule has 0 aromatic heterocycles. The zero-order valence-corrected chi connectivity index (χ0v) is 21.5. The van der Waals surface area contributed by atoms with Crippen LogP contribution in [0.3, 0.4) is 0 Å². The lowest BCUT2D eigenvalue weighted by Gasteiger charge is -2.26. The molecule has 6 heteroatoms. The maximum atomic E-state index is 10.0. The number of rotatable bonds is 7. The van der Waals surface area contributed by atoms with E-state index in [9.17, 15) is 10.1 Å². The molecular weight excluding hydrogens is 463 g/mol. The van der Waals surface area contributed by atoms with Gasteiger partial charge in [-0.25, -0.2) is 0 Å². The van der Waals surface area contributed by atoms with Gasteiger partial charge in [-0.2, -0.15) is 5.26 Å². The highest BCUT2D eigenvalue weighted by atomic mass is 35.5. The summed E-state index contributed by atoms with van der Waals surface area (Å²) in [6, 6.07) is 33.7. The van der Waals surface area contributed by atoms with Gasteiger partial charge in [0.1, 0.15) is 29.2 Å². The molecule has 0 saturated heterocycles.